The molecule has 0 spiro atoms. The zero-order chi connectivity index (χ0) is 16.2. The Morgan fingerprint density at radius 3 is 2.48 bits per heavy atom. The first-order valence-electron chi connectivity index (χ1n) is 6.77. The minimum Gasteiger partial charge on any atom is -0.478 e. The van der Waals surface area contributed by atoms with E-state index in [1.54, 1.807) is 6.92 Å². The lowest BCUT2D eigenvalue weighted by Crippen LogP contribution is -2.35. The molecule has 1 aromatic rings. The number of hydrogen-bond donors (Lipinski definition) is 1. The summed E-state index contributed by atoms with van der Waals surface area (Å²) in [5.74, 6) is -2.11. The summed E-state index contributed by atoms with van der Waals surface area (Å²) in [4.78, 5) is 10.3. The van der Waals surface area contributed by atoms with Crippen LogP contribution in [0.3, 0.4) is 0 Å². The number of hydrogen-bond acceptors (Lipinski definition) is 3. The molecule has 1 N–H and O–H groups in total. The van der Waals surface area contributed by atoms with Crippen LogP contribution in [-0.2, 0) is 10.0 Å². The van der Waals surface area contributed by atoms with Crippen LogP contribution in [0.4, 0.5) is 4.39 Å². The summed E-state index contributed by atoms with van der Waals surface area (Å²) in [6.45, 7) is 5.98. The second-order valence-corrected chi connectivity index (χ2v) is 6.83. The van der Waals surface area contributed by atoms with Crippen LogP contribution in [0.2, 0.25) is 0 Å². The van der Waals surface area contributed by atoms with Crippen LogP contribution in [0.5, 0.6) is 0 Å². The predicted octanol–water partition coefficient (Wildman–Crippen LogP) is 2.58. The number of halogens is 1. The fourth-order valence-electron chi connectivity index (χ4n) is 1.85. The standard InChI is InChI=1S/C14H20FNO4S/c1-4-10(3)9-16(5-2)21(19,20)13-8-11(14(17)18)6-7-12(13)15/h6-8,10H,4-5,9H2,1-3H3,(H,17,18). The number of carboxylic acids is 1. The van der Waals surface area contributed by atoms with Crippen molar-refractivity contribution < 1.29 is 22.7 Å². The van der Waals surface area contributed by atoms with Gasteiger partial charge in [0, 0.05) is 13.1 Å². The average molecular weight is 317 g/mol. The van der Waals surface area contributed by atoms with Gasteiger partial charge in [-0.1, -0.05) is 27.2 Å². The van der Waals surface area contributed by atoms with Gasteiger partial charge in [0.15, 0.2) is 0 Å². The molecule has 1 aromatic carbocycles. The topological polar surface area (TPSA) is 74.7 Å². The second-order valence-electron chi connectivity index (χ2n) is 4.92. The molecule has 1 rings (SSSR count). The molecule has 21 heavy (non-hydrogen) atoms. The molecule has 0 fully saturated rings. The molecule has 0 aromatic heterocycles. The molecule has 0 saturated carbocycles. The summed E-state index contributed by atoms with van der Waals surface area (Å²) < 4.78 is 40.0. The number of aromatic carboxylic acids is 1. The third-order valence-corrected chi connectivity index (χ3v) is 5.32. The fourth-order valence-corrected chi connectivity index (χ4v) is 3.51. The zero-order valence-electron chi connectivity index (χ0n) is 12.3. The highest BCUT2D eigenvalue weighted by Crippen LogP contribution is 2.22. The molecular formula is C14H20FNO4S. The summed E-state index contributed by atoms with van der Waals surface area (Å²) in [5.41, 5.74) is -0.255. The number of carbonyl (C=O) groups is 1. The van der Waals surface area contributed by atoms with E-state index in [-0.39, 0.29) is 24.6 Å². The van der Waals surface area contributed by atoms with E-state index in [0.29, 0.717) is 0 Å². The van der Waals surface area contributed by atoms with Gasteiger partial charge in [0.2, 0.25) is 10.0 Å². The maximum Gasteiger partial charge on any atom is 0.335 e. The van der Waals surface area contributed by atoms with Crippen LogP contribution in [0.15, 0.2) is 23.1 Å². The SMILES string of the molecule is CCC(C)CN(CC)S(=O)(=O)c1cc(C(=O)O)ccc1F. The van der Waals surface area contributed by atoms with E-state index in [0.717, 1.165) is 24.6 Å². The third kappa shape index (κ3) is 4.01. The molecule has 0 aliphatic heterocycles. The highest BCUT2D eigenvalue weighted by atomic mass is 32.2. The van der Waals surface area contributed by atoms with Crippen molar-refractivity contribution in [3.63, 3.8) is 0 Å². The van der Waals surface area contributed by atoms with Crippen LogP contribution in [0.1, 0.15) is 37.6 Å². The molecule has 1 unspecified atom stereocenters. The molecule has 5 nitrogen and oxygen atoms in total. The Labute approximate surface area is 124 Å². The van der Waals surface area contributed by atoms with Gasteiger partial charge in [0.05, 0.1) is 5.56 Å². The number of nitrogens with zero attached hydrogens (tertiary/aromatic N) is 1. The Hall–Kier alpha value is -1.47. The maximum absolute atomic E-state index is 13.8. The van der Waals surface area contributed by atoms with E-state index < -0.39 is 26.7 Å². The Balaban J connectivity index is 3.28. The van der Waals surface area contributed by atoms with Crippen LogP contribution in [-0.4, -0.2) is 36.9 Å². The summed E-state index contributed by atoms with van der Waals surface area (Å²) in [5, 5.41) is 8.91. The molecule has 1 atom stereocenters. The van der Waals surface area contributed by atoms with Crippen molar-refractivity contribution in [2.75, 3.05) is 13.1 Å². The van der Waals surface area contributed by atoms with E-state index in [1.165, 1.54) is 4.31 Å². The van der Waals surface area contributed by atoms with Crippen LogP contribution in [0.25, 0.3) is 0 Å². The molecule has 0 radical (unpaired) electrons. The molecule has 0 heterocycles. The average Bonchev–Trinajstić information content (AvgIpc) is 2.44. The van der Waals surface area contributed by atoms with Crippen LogP contribution in [0, 0.1) is 11.7 Å². The van der Waals surface area contributed by atoms with Crippen molar-refractivity contribution in [3.8, 4) is 0 Å². The van der Waals surface area contributed by atoms with E-state index in [1.807, 2.05) is 13.8 Å². The molecule has 0 aliphatic carbocycles. The first-order valence-corrected chi connectivity index (χ1v) is 8.21. The summed E-state index contributed by atoms with van der Waals surface area (Å²) in [7, 11) is -4.05. The first-order chi connectivity index (χ1) is 9.73. The molecule has 118 valence electrons. The van der Waals surface area contributed by atoms with Crippen molar-refractivity contribution in [2.45, 2.75) is 32.1 Å². The van der Waals surface area contributed by atoms with Gasteiger partial charge in [0.1, 0.15) is 10.7 Å². The van der Waals surface area contributed by atoms with Gasteiger partial charge in [-0.2, -0.15) is 4.31 Å². The quantitative estimate of drug-likeness (QED) is 0.839. The van der Waals surface area contributed by atoms with Gasteiger partial charge in [-0.15, -0.1) is 0 Å². The highest BCUT2D eigenvalue weighted by Gasteiger charge is 2.28. The lowest BCUT2D eigenvalue weighted by molar-refractivity contribution is 0.0696. The second kappa shape index (κ2) is 7.00. The van der Waals surface area contributed by atoms with Crippen molar-refractivity contribution >= 4 is 16.0 Å². The van der Waals surface area contributed by atoms with Gasteiger partial charge >= 0.3 is 5.97 Å². The van der Waals surface area contributed by atoms with Gasteiger partial charge in [-0.3, -0.25) is 0 Å². The number of sulfonamides is 1. The Morgan fingerprint density at radius 2 is 2.00 bits per heavy atom. The van der Waals surface area contributed by atoms with Gasteiger partial charge in [0.25, 0.3) is 0 Å². The van der Waals surface area contributed by atoms with Crippen molar-refractivity contribution in [2.24, 2.45) is 5.92 Å². The van der Waals surface area contributed by atoms with Gasteiger partial charge in [-0.25, -0.2) is 17.6 Å². The molecule has 0 aliphatic rings. The maximum atomic E-state index is 13.8. The Bertz CT molecular complexity index is 615. The monoisotopic (exact) mass is 317 g/mol. The molecular weight excluding hydrogens is 297 g/mol. The highest BCUT2D eigenvalue weighted by molar-refractivity contribution is 7.89. The number of rotatable bonds is 7. The minimum atomic E-state index is -4.05. The minimum absolute atomic E-state index is 0.130. The van der Waals surface area contributed by atoms with Crippen LogP contribution >= 0.6 is 0 Å². The predicted molar refractivity (Wildman–Crippen MR) is 77.2 cm³/mol. The Kier molecular flexibility index (Phi) is 5.86. The fraction of sp³-hybridized carbons (Fsp3) is 0.500. The summed E-state index contributed by atoms with van der Waals surface area (Å²) >= 11 is 0. The molecule has 0 saturated heterocycles. The summed E-state index contributed by atoms with van der Waals surface area (Å²) in [6, 6.07) is 2.78. The number of carboxylic acid groups (broad SMARTS) is 1. The van der Waals surface area contributed by atoms with E-state index in [9.17, 15) is 17.6 Å². The lowest BCUT2D eigenvalue weighted by atomic mass is 10.1. The summed E-state index contributed by atoms with van der Waals surface area (Å²) in [6.07, 6.45) is 0.795. The molecule has 7 heteroatoms. The Morgan fingerprint density at radius 1 is 1.38 bits per heavy atom. The van der Waals surface area contributed by atoms with Crippen molar-refractivity contribution in [1.29, 1.82) is 0 Å². The largest absolute Gasteiger partial charge is 0.478 e. The lowest BCUT2D eigenvalue weighted by Gasteiger charge is -2.23. The van der Waals surface area contributed by atoms with Gasteiger partial charge < -0.3 is 5.11 Å². The smallest absolute Gasteiger partial charge is 0.335 e. The normalized spacial score (nSPS) is 13.4. The van der Waals surface area contributed by atoms with Crippen LogP contribution < -0.4 is 0 Å². The number of benzene rings is 1. The van der Waals surface area contributed by atoms with E-state index in [2.05, 4.69) is 0 Å². The van der Waals surface area contributed by atoms with Gasteiger partial charge in [-0.05, 0) is 24.1 Å². The van der Waals surface area contributed by atoms with Crippen molar-refractivity contribution in [1.82, 2.24) is 4.31 Å². The molecule has 0 amide bonds. The first kappa shape index (κ1) is 17.6. The zero-order valence-corrected chi connectivity index (χ0v) is 13.2. The third-order valence-electron chi connectivity index (χ3n) is 3.36. The van der Waals surface area contributed by atoms with E-state index >= 15 is 0 Å². The van der Waals surface area contributed by atoms with E-state index in [4.69, 9.17) is 5.11 Å². The van der Waals surface area contributed by atoms with Crippen molar-refractivity contribution in [3.05, 3.63) is 29.6 Å². The molecule has 0 bridgehead atoms.